The summed E-state index contributed by atoms with van der Waals surface area (Å²) in [5.74, 6) is -0.836. The van der Waals surface area contributed by atoms with Gasteiger partial charge in [-0.25, -0.2) is 0 Å². The van der Waals surface area contributed by atoms with E-state index >= 15 is 0 Å². The zero-order chi connectivity index (χ0) is 20.4. The molecular weight excluding hydrogens is 352 g/mol. The highest BCUT2D eigenvalue weighted by atomic mass is 16.6. The molecule has 0 atom stereocenters. The van der Waals surface area contributed by atoms with Crippen molar-refractivity contribution in [3.05, 3.63) is 45.6 Å². The molecule has 1 N–H and O–H groups in total. The molecule has 0 saturated heterocycles. The third kappa shape index (κ3) is 7.47. The van der Waals surface area contributed by atoms with Gasteiger partial charge in [0, 0.05) is 44.4 Å². The summed E-state index contributed by atoms with van der Waals surface area (Å²) in [6.07, 6.45) is 6.47. The van der Waals surface area contributed by atoms with Gasteiger partial charge in [0.2, 0.25) is 0 Å². The molecule has 148 valence electrons. The monoisotopic (exact) mass is 378 g/mol. The van der Waals surface area contributed by atoms with E-state index in [1.165, 1.54) is 31.5 Å². The standard InChI is InChI=1S/C19H26N2O6/c1-20(2)11-10-17(22)15-13-18(27-3)14(12-16(15)21(25)26)8-6-4-5-7-9-19(23)24/h10-13H,4-9H2,1-3H3,(H,23,24)/b11-10+. The van der Waals surface area contributed by atoms with Gasteiger partial charge in [0.1, 0.15) is 11.3 Å². The molecule has 0 bridgehead atoms. The second-order valence-electron chi connectivity index (χ2n) is 6.39. The van der Waals surface area contributed by atoms with E-state index in [0.717, 1.165) is 19.3 Å². The number of ketones is 1. The van der Waals surface area contributed by atoms with Crippen molar-refractivity contribution in [2.75, 3.05) is 21.2 Å². The zero-order valence-electron chi connectivity index (χ0n) is 15.9. The second kappa shape index (κ2) is 10.9. The zero-order valence-corrected chi connectivity index (χ0v) is 15.9. The summed E-state index contributed by atoms with van der Waals surface area (Å²) in [5.41, 5.74) is 0.404. The van der Waals surface area contributed by atoms with E-state index in [0.29, 0.717) is 24.2 Å². The number of carbonyl (C=O) groups is 2. The Morgan fingerprint density at radius 2 is 1.89 bits per heavy atom. The average Bonchev–Trinajstić information content (AvgIpc) is 2.61. The van der Waals surface area contributed by atoms with Gasteiger partial charge in [-0.3, -0.25) is 19.7 Å². The Morgan fingerprint density at radius 3 is 2.44 bits per heavy atom. The Morgan fingerprint density at radius 1 is 1.22 bits per heavy atom. The lowest BCUT2D eigenvalue weighted by atomic mass is 9.99. The van der Waals surface area contributed by atoms with Gasteiger partial charge in [0.05, 0.1) is 12.0 Å². The van der Waals surface area contributed by atoms with Crippen LogP contribution in [0.2, 0.25) is 0 Å². The van der Waals surface area contributed by atoms with Crippen molar-refractivity contribution in [3.8, 4) is 5.75 Å². The third-order valence-electron chi connectivity index (χ3n) is 3.97. The van der Waals surface area contributed by atoms with Crippen LogP contribution < -0.4 is 4.74 Å². The van der Waals surface area contributed by atoms with Gasteiger partial charge in [-0.05, 0) is 25.3 Å². The molecule has 0 fully saturated rings. The number of allylic oxidation sites excluding steroid dienone is 1. The van der Waals surface area contributed by atoms with Gasteiger partial charge in [0.15, 0.2) is 5.78 Å². The molecule has 0 spiro atoms. The maximum Gasteiger partial charge on any atom is 0.303 e. The Hall–Kier alpha value is -2.90. The van der Waals surface area contributed by atoms with Crippen LogP contribution in [0.5, 0.6) is 5.75 Å². The van der Waals surface area contributed by atoms with Crippen LogP contribution in [-0.2, 0) is 11.2 Å². The van der Waals surface area contributed by atoms with Crippen LogP contribution in [0.4, 0.5) is 5.69 Å². The van der Waals surface area contributed by atoms with E-state index in [1.54, 1.807) is 19.0 Å². The highest BCUT2D eigenvalue weighted by Crippen LogP contribution is 2.30. The fourth-order valence-electron chi connectivity index (χ4n) is 2.60. The number of nitro benzene ring substituents is 1. The van der Waals surface area contributed by atoms with Gasteiger partial charge in [-0.2, -0.15) is 0 Å². The molecule has 0 saturated carbocycles. The molecule has 0 aromatic heterocycles. The van der Waals surface area contributed by atoms with Crippen molar-refractivity contribution in [2.24, 2.45) is 0 Å². The minimum absolute atomic E-state index is 0.0137. The van der Waals surface area contributed by atoms with Crippen LogP contribution in [0.25, 0.3) is 0 Å². The number of aryl methyl sites for hydroxylation is 1. The molecule has 0 aliphatic heterocycles. The number of hydrogen-bond donors (Lipinski definition) is 1. The molecular formula is C19H26N2O6. The second-order valence-corrected chi connectivity index (χ2v) is 6.39. The summed E-state index contributed by atoms with van der Waals surface area (Å²) >= 11 is 0. The number of unbranched alkanes of at least 4 members (excludes halogenated alkanes) is 3. The largest absolute Gasteiger partial charge is 0.496 e. The predicted molar refractivity (Wildman–Crippen MR) is 101 cm³/mol. The number of carboxylic acid groups (broad SMARTS) is 1. The highest BCUT2D eigenvalue weighted by molar-refractivity contribution is 6.07. The quantitative estimate of drug-likeness (QED) is 0.195. The Kier molecular flexibility index (Phi) is 8.98. The lowest BCUT2D eigenvalue weighted by Crippen LogP contribution is -2.07. The molecule has 0 aliphatic carbocycles. The van der Waals surface area contributed by atoms with Gasteiger partial charge in [0.25, 0.3) is 5.69 Å². The van der Waals surface area contributed by atoms with Crippen LogP contribution in [0.1, 0.15) is 48.0 Å². The number of rotatable bonds is 12. The minimum Gasteiger partial charge on any atom is -0.496 e. The summed E-state index contributed by atoms with van der Waals surface area (Å²) in [5, 5.41) is 20.0. The van der Waals surface area contributed by atoms with E-state index in [-0.39, 0.29) is 17.7 Å². The highest BCUT2D eigenvalue weighted by Gasteiger charge is 2.22. The normalized spacial score (nSPS) is 10.8. The number of carbonyl (C=O) groups excluding carboxylic acids is 1. The maximum atomic E-state index is 12.3. The molecule has 1 rings (SSSR count). The van der Waals surface area contributed by atoms with Gasteiger partial charge >= 0.3 is 5.97 Å². The van der Waals surface area contributed by atoms with Crippen LogP contribution in [0, 0.1) is 10.1 Å². The van der Waals surface area contributed by atoms with Crippen molar-refractivity contribution < 1.29 is 24.4 Å². The van der Waals surface area contributed by atoms with Crippen molar-refractivity contribution >= 4 is 17.4 Å². The first-order valence-corrected chi connectivity index (χ1v) is 8.72. The molecule has 0 aliphatic rings. The Bertz CT molecular complexity index is 712. The topological polar surface area (TPSA) is 110 Å². The molecule has 1 aromatic rings. The van der Waals surface area contributed by atoms with E-state index < -0.39 is 16.7 Å². The van der Waals surface area contributed by atoms with E-state index in [9.17, 15) is 19.7 Å². The molecule has 0 heterocycles. The lowest BCUT2D eigenvalue weighted by Gasteiger charge is -2.11. The third-order valence-corrected chi connectivity index (χ3v) is 3.97. The summed E-state index contributed by atoms with van der Waals surface area (Å²) in [7, 11) is 4.96. The number of benzene rings is 1. The van der Waals surface area contributed by atoms with Gasteiger partial charge < -0.3 is 14.7 Å². The van der Waals surface area contributed by atoms with Gasteiger partial charge in [-0.15, -0.1) is 0 Å². The summed E-state index contributed by atoms with van der Waals surface area (Å²) in [6.45, 7) is 0. The summed E-state index contributed by atoms with van der Waals surface area (Å²) in [6, 6.07) is 2.81. The van der Waals surface area contributed by atoms with Crippen molar-refractivity contribution in [1.82, 2.24) is 4.90 Å². The molecule has 8 nitrogen and oxygen atoms in total. The van der Waals surface area contributed by atoms with Crippen molar-refractivity contribution in [2.45, 2.75) is 38.5 Å². The van der Waals surface area contributed by atoms with Crippen LogP contribution >= 0.6 is 0 Å². The smallest absolute Gasteiger partial charge is 0.303 e. The maximum absolute atomic E-state index is 12.3. The number of ether oxygens (including phenoxy) is 1. The number of aliphatic carboxylic acids is 1. The number of nitro groups is 1. The van der Waals surface area contributed by atoms with Crippen molar-refractivity contribution in [3.63, 3.8) is 0 Å². The average molecular weight is 378 g/mol. The first kappa shape index (κ1) is 22.1. The number of nitrogens with zero attached hydrogens (tertiary/aromatic N) is 2. The lowest BCUT2D eigenvalue weighted by molar-refractivity contribution is -0.385. The number of carboxylic acids is 1. The molecule has 0 unspecified atom stereocenters. The first-order valence-electron chi connectivity index (χ1n) is 8.72. The SMILES string of the molecule is COc1cc(C(=O)/C=C/N(C)C)c([N+](=O)[O-])cc1CCCCCCC(=O)O. The summed E-state index contributed by atoms with van der Waals surface area (Å²) < 4.78 is 5.32. The molecule has 1 aromatic carbocycles. The molecule has 8 heteroatoms. The number of methoxy groups -OCH3 is 1. The fourth-order valence-corrected chi connectivity index (χ4v) is 2.60. The Labute approximate surface area is 158 Å². The first-order chi connectivity index (χ1) is 12.8. The molecule has 27 heavy (non-hydrogen) atoms. The van der Waals surface area contributed by atoms with Crippen LogP contribution in [-0.4, -0.2) is 47.9 Å². The van der Waals surface area contributed by atoms with Gasteiger partial charge in [-0.1, -0.05) is 12.8 Å². The van der Waals surface area contributed by atoms with Crippen molar-refractivity contribution in [1.29, 1.82) is 0 Å². The molecule has 0 amide bonds. The number of hydrogen-bond acceptors (Lipinski definition) is 6. The van der Waals surface area contributed by atoms with E-state index in [4.69, 9.17) is 9.84 Å². The minimum atomic E-state index is -0.809. The van der Waals surface area contributed by atoms with E-state index in [2.05, 4.69) is 0 Å². The predicted octanol–water partition coefficient (Wildman–Crippen LogP) is 3.44. The summed E-state index contributed by atoms with van der Waals surface area (Å²) in [4.78, 5) is 35.3. The molecule has 0 radical (unpaired) electrons. The fraction of sp³-hybridized carbons (Fsp3) is 0.474. The van der Waals surface area contributed by atoms with Crippen LogP contribution in [0.15, 0.2) is 24.4 Å². The van der Waals surface area contributed by atoms with E-state index in [1.807, 2.05) is 0 Å². The Balaban J connectivity index is 2.93. The van der Waals surface area contributed by atoms with Crippen LogP contribution in [0.3, 0.4) is 0 Å².